The molecule has 116 valence electrons. The van der Waals surface area contributed by atoms with Crippen molar-refractivity contribution in [1.29, 1.82) is 0 Å². The molecule has 3 amide bonds. The van der Waals surface area contributed by atoms with E-state index in [1.54, 1.807) is 0 Å². The third-order valence-corrected chi connectivity index (χ3v) is 3.53. The fourth-order valence-electron chi connectivity index (χ4n) is 2.28. The number of imide groups is 1. The quantitative estimate of drug-likeness (QED) is 0.865. The van der Waals surface area contributed by atoms with Crippen LogP contribution in [0.1, 0.15) is 31.1 Å². The minimum atomic E-state index is -1.08. The number of benzene rings is 2. The summed E-state index contributed by atoms with van der Waals surface area (Å²) in [6, 6.07) is 7.03. The van der Waals surface area contributed by atoms with E-state index in [-0.39, 0.29) is 22.4 Å². The Morgan fingerprint density at radius 1 is 0.957 bits per heavy atom. The van der Waals surface area contributed by atoms with Gasteiger partial charge in [-0.15, -0.1) is 0 Å². The molecule has 7 heteroatoms. The molecule has 23 heavy (non-hydrogen) atoms. The summed E-state index contributed by atoms with van der Waals surface area (Å²) in [6.45, 7) is 0. The minimum absolute atomic E-state index is 0.0777. The van der Waals surface area contributed by atoms with Gasteiger partial charge in [0.1, 0.15) is 0 Å². The summed E-state index contributed by atoms with van der Waals surface area (Å²) in [7, 11) is 1.35. The van der Waals surface area contributed by atoms with E-state index in [2.05, 4.69) is 5.32 Å². The van der Waals surface area contributed by atoms with Crippen molar-refractivity contribution < 1.29 is 23.2 Å². The number of fused-ring (bicyclic) bond motifs is 1. The Hall–Kier alpha value is -3.09. The largest absolute Gasteiger partial charge is 0.322 e. The first kappa shape index (κ1) is 14.8. The normalized spacial score (nSPS) is 13.3. The number of halogens is 2. The van der Waals surface area contributed by atoms with Crippen LogP contribution in [0.2, 0.25) is 0 Å². The molecule has 1 aliphatic rings. The van der Waals surface area contributed by atoms with Gasteiger partial charge in [0.25, 0.3) is 17.7 Å². The van der Waals surface area contributed by atoms with Gasteiger partial charge >= 0.3 is 0 Å². The molecule has 0 spiro atoms. The van der Waals surface area contributed by atoms with E-state index in [0.717, 1.165) is 17.0 Å². The number of hydrogen-bond donors (Lipinski definition) is 1. The summed E-state index contributed by atoms with van der Waals surface area (Å²) >= 11 is 0. The predicted molar refractivity (Wildman–Crippen MR) is 77.2 cm³/mol. The highest BCUT2D eigenvalue weighted by Gasteiger charge is 2.33. The van der Waals surface area contributed by atoms with Crippen LogP contribution >= 0.6 is 0 Å². The van der Waals surface area contributed by atoms with Gasteiger partial charge in [-0.1, -0.05) is 0 Å². The number of carbonyl (C=O) groups excluding carboxylic acids is 3. The molecule has 5 nitrogen and oxygen atoms in total. The highest BCUT2D eigenvalue weighted by Crippen LogP contribution is 2.23. The number of nitrogens with one attached hydrogen (secondary N) is 1. The maximum atomic E-state index is 13.1. The molecule has 0 saturated heterocycles. The second-order valence-electron chi connectivity index (χ2n) is 5.01. The predicted octanol–water partition coefficient (Wildman–Crippen LogP) is 2.44. The standard InChI is InChI=1S/C16H10F2N2O3/c1-20-15(22)10-4-2-8(6-11(10)16(20)23)14(21)19-9-3-5-12(17)13(18)7-9/h2-7H,1H3,(H,19,21). The average Bonchev–Trinajstić information content (AvgIpc) is 2.75. The minimum Gasteiger partial charge on any atom is -0.322 e. The van der Waals surface area contributed by atoms with Crippen molar-refractivity contribution in [3.05, 3.63) is 64.7 Å². The average molecular weight is 316 g/mol. The molecule has 0 aromatic heterocycles. The summed E-state index contributed by atoms with van der Waals surface area (Å²) in [5, 5.41) is 2.40. The van der Waals surface area contributed by atoms with Gasteiger partial charge in [0.2, 0.25) is 0 Å². The first-order valence-corrected chi connectivity index (χ1v) is 6.61. The smallest absolute Gasteiger partial charge is 0.261 e. The number of carbonyl (C=O) groups is 3. The van der Waals surface area contributed by atoms with Gasteiger partial charge in [0.15, 0.2) is 11.6 Å². The molecule has 0 unspecified atom stereocenters. The molecule has 0 saturated carbocycles. The number of nitrogens with zero attached hydrogens (tertiary/aromatic N) is 1. The molecule has 2 aromatic rings. The highest BCUT2D eigenvalue weighted by molar-refractivity contribution is 6.22. The Labute approximate surface area is 129 Å². The van der Waals surface area contributed by atoms with E-state index in [9.17, 15) is 23.2 Å². The summed E-state index contributed by atoms with van der Waals surface area (Å²) in [6.07, 6.45) is 0. The molecule has 3 rings (SSSR count). The van der Waals surface area contributed by atoms with E-state index in [4.69, 9.17) is 0 Å². The third kappa shape index (κ3) is 2.46. The van der Waals surface area contributed by atoms with E-state index in [1.807, 2.05) is 0 Å². The lowest BCUT2D eigenvalue weighted by atomic mass is 10.1. The van der Waals surface area contributed by atoms with Gasteiger partial charge in [-0.25, -0.2) is 8.78 Å². The molecule has 1 N–H and O–H groups in total. The number of amides is 3. The van der Waals surface area contributed by atoms with Crippen LogP contribution in [0.3, 0.4) is 0 Å². The van der Waals surface area contributed by atoms with Crippen molar-refractivity contribution in [1.82, 2.24) is 4.90 Å². The van der Waals surface area contributed by atoms with Crippen LogP contribution < -0.4 is 5.32 Å². The van der Waals surface area contributed by atoms with Gasteiger partial charge in [0, 0.05) is 24.4 Å². The zero-order valence-electron chi connectivity index (χ0n) is 11.9. The second-order valence-corrected chi connectivity index (χ2v) is 5.01. The summed E-state index contributed by atoms with van der Waals surface area (Å²) in [5.41, 5.74) is 0.566. The summed E-state index contributed by atoms with van der Waals surface area (Å²) < 4.78 is 26.0. The summed E-state index contributed by atoms with van der Waals surface area (Å²) in [5.74, 6) is -3.63. The lowest BCUT2D eigenvalue weighted by Crippen LogP contribution is -2.24. The van der Waals surface area contributed by atoms with Crippen LogP contribution in [-0.2, 0) is 0 Å². The zero-order valence-corrected chi connectivity index (χ0v) is 11.9. The Morgan fingerprint density at radius 2 is 1.65 bits per heavy atom. The van der Waals surface area contributed by atoms with Crippen LogP contribution in [0, 0.1) is 11.6 Å². The van der Waals surface area contributed by atoms with Gasteiger partial charge in [-0.2, -0.15) is 0 Å². The monoisotopic (exact) mass is 316 g/mol. The highest BCUT2D eigenvalue weighted by atomic mass is 19.2. The lowest BCUT2D eigenvalue weighted by molar-refractivity contribution is 0.0693. The maximum absolute atomic E-state index is 13.1. The molecule has 1 aliphatic heterocycles. The SMILES string of the molecule is CN1C(=O)c2ccc(C(=O)Nc3ccc(F)c(F)c3)cc2C1=O. The Balaban J connectivity index is 1.88. The molecule has 2 aromatic carbocycles. The fourth-order valence-corrected chi connectivity index (χ4v) is 2.28. The fraction of sp³-hybridized carbons (Fsp3) is 0.0625. The number of rotatable bonds is 2. The topological polar surface area (TPSA) is 66.5 Å². The van der Waals surface area contributed by atoms with Gasteiger partial charge < -0.3 is 5.32 Å². The number of hydrogen-bond acceptors (Lipinski definition) is 3. The molecule has 0 radical (unpaired) electrons. The molecule has 0 aliphatic carbocycles. The van der Waals surface area contributed by atoms with Gasteiger partial charge in [-0.3, -0.25) is 19.3 Å². The van der Waals surface area contributed by atoms with Crippen molar-refractivity contribution in [3.63, 3.8) is 0 Å². The van der Waals surface area contributed by atoms with Crippen molar-refractivity contribution in [3.8, 4) is 0 Å². The van der Waals surface area contributed by atoms with Gasteiger partial charge in [-0.05, 0) is 30.3 Å². The molecule has 0 atom stereocenters. The van der Waals surface area contributed by atoms with Crippen LogP contribution in [0.5, 0.6) is 0 Å². The van der Waals surface area contributed by atoms with E-state index in [1.165, 1.54) is 31.3 Å². The molecular weight excluding hydrogens is 306 g/mol. The third-order valence-electron chi connectivity index (χ3n) is 3.53. The lowest BCUT2D eigenvalue weighted by Gasteiger charge is -2.06. The molecular formula is C16H10F2N2O3. The first-order valence-electron chi connectivity index (χ1n) is 6.61. The van der Waals surface area contributed by atoms with Crippen LogP contribution in [0.25, 0.3) is 0 Å². The number of anilines is 1. The van der Waals surface area contributed by atoms with Crippen molar-refractivity contribution in [2.75, 3.05) is 12.4 Å². The van der Waals surface area contributed by atoms with Crippen LogP contribution in [-0.4, -0.2) is 29.7 Å². The van der Waals surface area contributed by atoms with Crippen LogP contribution in [0.4, 0.5) is 14.5 Å². The molecule has 0 bridgehead atoms. The first-order chi connectivity index (χ1) is 10.9. The Bertz CT molecular complexity index is 864. The van der Waals surface area contributed by atoms with E-state index < -0.39 is 29.4 Å². The molecule has 1 heterocycles. The van der Waals surface area contributed by atoms with Crippen molar-refractivity contribution >= 4 is 23.4 Å². The zero-order chi connectivity index (χ0) is 16.7. The maximum Gasteiger partial charge on any atom is 0.261 e. The summed E-state index contributed by atoms with van der Waals surface area (Å²) in [4.78, 5) is 36.8. The Morgan fingerprint density at radius 3 is 2.35 bits per heavy atom. The second kappa shape index (κ2) is 5.28. The van der Waals surface area contributed by atoms with Crippen molar-refractivity contribution in [2.24, 2.45) is 0 Å². The van der Waals surface area contributed by atoms with E-state index >= 15 is 0 Å². The van der Waals surface area contributed by atoms with Crippen molar-refractivity contribution in [2.45, 2.75) is 0 Å². The molecule has 0 fully saturated rings. The van der Waals surface area contributed by atoms with Gasteiger partial charge in [0.05, 0.1) is 11.1 Å². The van der Waals surface area contributed by atoms with E-state index in [0.29, 0.717) is 0 Å². The van der Waals surface area contributed by atoms with Crippen LogP contribution in [0.15, 0.2) is 36.4 Å². The Kier molecular flexibility index (Phi) is 3.40.